The van der Waals surface area contributed by atoms with Crippen LogP contribution in [0.2, 0.25) is 0 Å². The normalized spacial score (nSPS) is 33.7. The van der Waals surface area contributed by atoms with Gasteiger partial charge in [0, 0.05) is 25.7 Å². The van der Waals surface area contributed by atoms with Gasteiger partial charge in [-0.15, -0.1) is 0 Å². The molecule has 0 bridgehead atoms. The Morgan fingerprint density at radius 1 is 1.53 bits per heavy atom. The molecule has 15 heavy (non-hydrogen) atoms. The molecule has 1 N–H and O–H groups in total. The molecule has 2 fully saturated rings. The molecule has 2 rings (SSSR count). The van der Waals surface area contributed by atoms with Crippen molar-refractivity contribution in [3.05, 3.63) is 0 Å². The van der Waals surface area contributed by atoms with E-state index in [4.69, 9.17) is 9.84 Å². The van der Waals surface area contributed by atoms with E-state index in [1.807, 2.05) is 0 Å². The first-order valence-electron chi connectivity index (χ1n) is 5.79. The quantitative estimate of drug-likeness (QED) is 0.758. The zero-order valence-electron chi connectivity index (χ0n) is 9.19. The van der Waals surface area contributed by atoms with Crippen molar-refractivity contribution in [3.63, 3.8) is 0 Å². The van der Waals surface area contributed by atoms with Gasteiger partial charge in [-0.05, 0) is 19.3 Å². The molecule has 2 aliphatic heterocycles. The molecule has 86 valence electrons. The lowest BCUT2D eigenvalue weighted by Crippen LogP contribution is -2.56. The summed E-state index contributed by atoms with van der Waals surface area (Å²) in [6.45, 7) is 4.44. The first-order chi connectivity index (χ1) is 7.20. The Balaban J connectivity index is 1.78. The van der Waals surface area contributed by atoms with Crippen LogP contribution in [0.15, 0.2) is 0 Å². The van der Waals surface area contributed by atoms with Crippen molar-refractivity contribution in [1.82, 2.24) is 4.90 Å². The maximum atomic E-state index is 10.7. The van der Waals surface area contributed by atoms with E-state index >= 15 is 0 Å². The molecule has 4 heteroatoms. The molecular weight excluding hydrogens is 194 g/mol. The van der Waals surface area contributed by atoms with E-state index in [2.05, 4.69) is 11.8 Å². The fourth-order valence-electron chi connectivity index (χ4n) is 2.44. The second kappa shape index (κ2) is 4.49. The van der Waals surface area contributed by atoms with Gasteiger partial charge in [0.15, 0.2) is 0 Å². The first-order valence-corrected chi connectivity index (χ1v) is 5.79. The summed E-state index contributed by atoms with van der Waals surface area (Å²) in [5.41, 5.74) is 0. The smallest absolute Gasteiger partial charge is 0.309 e. The zero-order chi connectivity index (χ0) is 10.8. The number of carbonyl (C=O) groups is 1. The summed E-state index contributed by atoms with van der Waals surface area (Å²) < 4.78 is 5.61. The van der Waals surface area contributed by atoms with Crippen molar-refractivity contribution in [1.29, 1.82) is 0 Å². The second-order valence-corrected chi connectivity index (χ2v) is 4.57. The summed E-state index contributed by atoms with van der Waals surface area (Å²) in [7, 11) is 0. The van der Waals surface area contributed by atoms with Gasteiger partial charge in [-0.25, -0.2) is 0 Å². The molecule has 4 nitrogen and oxygen atoms in total. The third-order valence-electron chi connectivity index (χ3n) is 3.57. The minimum absolute atomic E-state index is 0.132. The fraction of sp³-hybridized carbons (Fsp3) is 0.909. The van der Waals surface area contributed by atoms with Crippen LogP contribution in [0.25, 0.3) is 0 Å². The predicted octanol–water partition coefficient (Wildman–Crippen LogP) is 0.960. The van der Waals surface area contributed by atoms with E-state index in [9.17, 15) is 4.79 Å². The molecule has 2 atom stereocenters. The molecule has 0 aromatic heterocycles. The summed E-state index contributed by atoms with van der Waals surface area (Å²) in [5, 5.41) is 8.80. The number of likely N-dealkylation sites (tertiary alicyclic amines) is 1. The van der Waals surface area contributed by atoms with Crippen LogP contribution in [0.3, 0.4) is 0 Å². The Hall–Kier alpha value is -0.610. The summed E-state index contributed by atoms with van der Waals surface area (Å²) >= 11 is 0. The number of nitrogens with zero attached hydrogens (tertiary/aromatic N) is 1. The number of rotatable bonds is 3. The van der Waals surface area contributed by atoms with Gasteiger partial charge in [0.25, 0.3) is 0 Å². The van der Waals surface area contributed by atoms with E-state index in [1.54, 1.807) is 0 Å². The number of carboxylic acids is 1. The SMILES string of the molecule is CCC1CC(N2CC(C(=O)O)C2)CCO1. The van der Waals surface area contributed by atoms with Crippen LogP contribution in [0.4, 0.5) is 0 Å². The number of ether oxygens (including phenoxy) is 1. The van der Waals surface area contributed by atoms with Crippen molar-refractivity contribution < 1.29 is 14.6 Å². The third-order valence-corrected chi connectivity index (χ3v) is 3.57. The molecule has 0 aliphatic carbocycles. The lowest BCUT2D eigenvalue weighted by Gasteiger charge is -2.45. The van der Waals surface area contributed by atoms with Gasteiger partial charge >= 0.3 is 5.97 Å². The monoisotopic (exact) mass is 213 g/mol. The molecule has 0 spiro atoms. The highest BCUT2D eigenvalue weighted by molar-refractivity contribution is 5.71. The second-order valence-electron chi connectivity index (χ2n) is 4.57. The molecule has 2 unspecified atom stereocenters. The predicted molar refractivity (Wildman–Crippen MR) is 55.8 cm³/mol. The number of hydrogen-bond acceptors (Lipinski definition) is 3. The summed E-state index contributed by atoms with van der Waals surface area (Å²) in [5.74, 6) is -0.779. The molecule has 0 radical (unpaired) electrons. The van der Waals surface area contributed by atoms with Crippen LogP contribution >= 0.6 is 0 Å². The van der Waals surface area contributed by atoms with Gasteiger partial charge in [-0.3, -0.25) is 9.69 Å². The van der Waals surface area contributed by atoms with Gasteiger partial charge < -0.3 is 9.84 Å². The highest BCUT2D eigenvalue weighted by Gasteiger charge is 2.38. The molecule has 0 amide bonds. The van der Waals surface area contributed by atoms with Crippen molar-refractivity contribution >= 4 is 5.97 Å². The minimum atomic E-state index is -0.648. The van der Waals surface area contributed by atoms with E-state index in [-0.39, 0.29) is 5.92 Å². The summed E-state index contributed by atoms with van der Waals surface area (Å²) in [6, 6.07) is 0.555. The Morgan fingerprint density at radius 3 is 2.87 bits per heavy atom. The third kappa shape index (κ3) is 2.32. The molecule has 0 saturated carbocycles. The van der Waals surface area contributed by atoms with Crippen molar-refractivity contribution in [2.24, 2.45) is 5.92 Å². The zero-order valence-corrected chi connectivity index (χ0v) is 9.19. The average molecular weight is 213 g/mol. The van der Waals surface area contributed by atoms with E-state index < -0.39 is 5.97 Å². The lowest BCUT2D eigenvalue weighted by molar-refractivity contribution is -0.150. The molecule has 0 aromatic carbocycles. The van der Waals surface area contributed by atoms with Crippen LogP contribution < -0.4 is 0 Å². The van der Waals surface area contributed by atoms with Crippen LogP contribution in [-0.2, 0) is 9.53 Å². The number of carboxylic acid groups (broad SMARTS) is 1. The Bertz CT molecular complexity index is 238. The van der Waals surface area contributed by atoms with Crippen molar-refractivity contribution in [2.45, 2.75) is 38.3 Å². The lowest BCUT2D eigenvalue weighted by atomic mass is 9.92. The van der Waals surface area contributed by atoms with E-state index in [0.29, 0.717) is 12.1 Å². The minimum Gasteiger partial charge on any atom is -0.481 e. The molecule has 2 saturated heterocycles. The molecular formula is C11H19NO3. The summed E-state index contributed by atoms with van der Waals surface area (Å²) in [4.78, 5) is 13.0. The summed E-state index contributed by atoms with van der Waals surface area (Å²) in [6.07, 6.45) is 3.57. The van der Waals surface area contributed by atoms with Crippen LogP contribution in [0.5, 0.6) is 0 Å². The molecule has 0 aromatic rings. The highest BCUT2D eigenvalue weighted by atomic mass is 16.5. The first kappa shape index (κ1) is 10.9. The van der Waals surface area contributed by atoms with Gasteiger partial charge in [-0.1, -0.05) is 6.92 Å². The van der Waals surface area contributed by atoms with E-state index in [0.717, 1.165) is 39.0 Å². The Labute approximate surface area is 90.2 Å². The molecule has 2 heterocycles. The number of hydrogen-bond donors (Lipinski definition) is 1. The van der Waals surface area contributed by atoms with Crippen molar-refractivity contribution in [2.75, 3.05) is 19.7 Å². The highest BCUT2D eigenvalue weighted by Crippen LogP contribution is 2.27. The molecule has 2 aliphatic rings. The Morgan fingerprint density at radius 2 is 2.27 bits per heavy atom. The van der Waals surface area contributed by atoms with Crippen LogP contribution in [0, 0.1) is 5.92 Å². The Kier molecular flexibility index (Phi) is 3.26. The van der Waals surface area contributed by atoms with Gasteiger partial charge in [-0.2, -0.15) is 0 Å². The largest absolute Gasteiger partial charge is 0.481 e. The average Bonchev–Trinajstić information content (AvgIpc) is 2.15. The topological polar surface area (TPSA) is 49.8 Å². The van der Waals surface area contributed by atoms with Crippen LogP contribution in [0.1, 0.15) is 26.2 Å². The van der Waals surface area contributed by atoms with Gasteiger partial charge in [0.1, 0.15) is 0 Å². The van der Waals surface area contributed by atoms with Gasteiger partial charge in [0.05, 0.1) is 12.0 Å². The standard InChI is InChI=1S/C11H19NO3/c1-2-10-5-9(3-4-15-10)12-6-8(7-12)11(13)14/h8-10H,2-7H2,1H3,(H,13,14). The maximum absolute atomic E-state index is 10.7. The maximum Gasteiger partial charge on any atom is 0.309 e. The van der Waals surface area contributed by atoms with Crippen LogP contribution in [-0.4, -0.2) is 47.8 Å². The fourth-order valence-corrected chi connectivity index (χ4v) is 2.44. The van der Waals surface area contributed by atoms with Gasteiger partial charge in [0.2, 0.25) is 0 Å². The van der Waals surface area contributed by atoms with Crippen molar-refractivity contribution in [3.8, 4) is 0 Å². The van der Waals surface area contributed by atoms with E-state index in [1.165, 1.54) is 0 Å². The number of aliphatic carboxylic acids is 1.